The van der Waals surface area contributed by atoms with Gasteiger partial charge in [0.15, 0.2) is 0 Å². The van der Waals surface area contributed by atoms with E-state index in [1.54, 1.807) is 0 Å². The number of nitrogens with one attached hydrogen (secondary N) is 1. The second kappa shape index (κ2) is 11.0. The average molecular weight is 563 g/mol. The Kier molecular flexibility index (Phi) is 7.80. The van der Waals surface area contributed by atoms with Gasteiger partial charge >= 0.3 is 6.18 Å². The Hall–Kier alpha value is -3.18. The number of nitrogens with zero attached hydrogens (tertiary/aromatic N) is 3. The van der Waals surface area contributed by atoms with Crippen LogP contribution in [0.15, 0.2) is 36.4 Å². The number of amides is 2. The van der Waals surface area contributed by atoms with Gasteiger partial charge < -0.3 is 19.9 Å². The molecule has 0 bridgehead atoms. The number of alkyl halides is 3. The molecule has 1 aliphatic carbocycles. The van der Waals surface area contributed by atoms with E-state index in [4.69, 9.17) is 4.74 Å². The number of likely N-dealkylation sites (N-methyl/N-ethyl adjacent to an activating group) is 1. The van der Waals surface area contributed by atoms with E-state index in [0.717, 1.165) is 32.0 Å². The highest BCUT2D eigenvalue weighted by Crippen LogP contribution is 2.55. The van der Waals surface area contributed by atoms with Gasteiger partial charge in [-0.05, 0) is 67.6 Å². The number of carbonyl (C=O) groups is 2. The van der Waals surface area contributed by atoms with Crippen LogP contribution in [0.5, 0.6) is 5.75 Å². The number of hydrogen-bond acceptors (Lipinski definition) is 5. The lowest BCUT2D eigenvalue weighted by Crippen LogP contribution is -2.44. The zero-order valence-electron chi connectivity index (χ0n) is 22.7. The molecular weight excluding hydrogens is 528 g/mol. The van der Waals surface area contributed by atoms with Crippen molar-refractivity contribution < 1.29 is 31.9 Å². The van der Waals surface area contributed by atoms with Crippen LogP contribution in [0.1, 0.15) is 36.0 Å². The van der Waals surface area contributed by atoms with Crippen LogP contribution < -0.4 is 10.1 Å². The van der Waals surface area contributed by atoms with Crippen LogP contribution in [0, 0.1) is 11.2 Å². The number of benzene rings is 2. The van der Waals surface area contributed by atoms with Gasteiger partial charge in [0, 0.05) is 50.5 Å². The van der Waals surface area contributed by atoms with E-state index in [-0.39, 0.29) is 35.5 Å². The van der Waals surface area contributed by atoms with Gasteiger partial charge in [-0.25, -0.2) is 4.39 Å². The van der Waals surface area contributed by atoms with E-state index in [1.807, 2.05) is 11.9 Å². The molecule has 2 saturated heterocycles. The molecule has 0 radical (unpaired) electrons. The SMILES string of the molecule is COc1ccc(F)cc1CC(=O)N1CC2(CC2)C[C@@H]1C(=O)Nc1ccc(CN2CCN(C)CC2)c(C(F)(F)F)c1. The Balaban J connectivity index is 1.32. The van der Waals surface area contributed by atoms with Gasteiger partial charge in [-0.2, -0.15) is 13.2 Å². The average Bonchev–Trinajstić information content (AvgIpc) is 3.55. The second-order valence-corrected chi connectivity index (χ2v) is 11.3. The summed E-state index contributed by atoms with van der Waals surface area (Å²) in [5.74, 6) is -1.02. The fourth-order valence-electron chi connectivity index (χ4n) is 5.77. The summed E-state index contributed by atoms with van der Waals surface area (Å²) < 4.78 is 61.2. The predicted molar refractivity (Wildman–Crippen MR) is 141 cm³/mol. The molecule has 2 aliphatic heterocycles. The lowest BCUT2D eigenvalue weighted by Gasteiger charge is -2.33. The monoisotopic (exact) mass is 562 g/mol. The summed E-state index contributed by atoms with van der Waals surface area (Å²) in [6, 6.07) is 6.99. The summed E-state index contributed by atoms with van der Waals surface area (Å²) in [5, 5.41) is 2.64. The van der Waals surface area contributed by atoms with Gasteiger partial charge in [0.25, 0.3) is 0 Å². The Morgan fingerprint density at radius 3 is 2.42 bits per heavy atom. The van der Waals surface area contributed by atoms with Crippen molar-refractivity contribution in [3.05, 3.63) is 58.9 Å². The Morgan fingerprint density at radius 2 is 1.77 bits per heavy atom. The number of ether oxygens (including phenoxy) is 1. The first-order valence-electron chi connectivity index (χ1n) is 13.5. The highest BCUT2D eigenvalue weighted by molar-refractivity contribution is 5.98. The van der Waals surface area contributed by atoms with Crippen molar-refractivity contribution in [3.8, 4) is 5.75 Å². The van der Waals surface area contributed by atoms with Gasteiger partial charge in [0.1, 0.15) is 17.6 Å². The van der Waals surface area contributed by atoms with Crippen molar-refractivity contribution in [2.45, 2.75) is 44.4 Å². The maximum atomic E-state index is 14.0. The number of rotatable bonds is 7. The summed E-state index contributed by atoms with van der Waals surface area (Å²) in [6.45, 7) is 3.51. The summed E-state index contributed by atoms with van der Waals surface area (Å²) >= 11 is 0. The molecule has 2 aromatic carbocycles. The van der Waals surface area contributed by atoms with Crippen molar-refractivity contribution in [1.82, 2.24) is 14.7 Å². The zero-order chi connectivity index (χ0) is 28.7. The Labute approximate surface area is 231 Å². The predicted octanol–water partition coefficient (Wildman–Crippen LogP) is 4.16. The van der Waals surface area contributed by atoms with Gasteiger partial charge in [-0.3, -0.25) is 14.5 Å². The Morgan fingerprint density at radius 1 is 1.05 bits per heavy atom. The lowest BCUT2D eigenvalue weighted by atomic mass is 10.0. The molecule has 5 rings (SSSR count). The molecule has 1 atom stereocenters. The minimum atomic E-state index is -4.58. The quantitative estimate of drug-likeness (QED) is 0.514. The molecule has 40 heavy (non-hydrogen) atoms. The van der Waals surface area contributed by atoms with E-state index in [0.29, 0.717) is 37.4 Å². The summed E-state index contributed by atoms with van der Waals surface area (Å²) in [5.41, 5.74) is -0.355. The standard InChI is InChI=1S/C29H34F4N4O3/c1-35-9-11-36(12-10-35)17-19-3-5-22(15-23(19)29(31,32)33)34-27(39)24-16-28(7-8-28)18-37(24)26(38)14-20-13-21(30)4-6-25(20)40-2/h3-6,13,15,24H,7-12,14,16-18H2,1-2H3,(H,34,39)/t24-/m1/s1. The fraction of sp³-hybridized carbons (Fsp3) is 0.517. The minimum Gasteiger partial charge on any atom is -0.496 e. The zero-order valence-corrected chi connectivity index (χ0v) is 22.7. The molecule has 1 spiro atoms. The molecule has 3 aliphatic rings. The van der Waals surface area contributed by atoms with Gasteiger partial charge in [-0.15, -0.1) is 0 Å². The molecule has 0 unspecified atom stereocenters. The van der Waals surface area contributed by atoms with Crippen LogP contribution in [0.2, 0.25) is 0 Å². The van der Waals surface area contributed by atoms with Crippen molar-refractivity contribution in [2.24, 2.45) is 5.41 Å². The number of halogens is 4. The molecular formula is C29H34F4N4O3. The number of methoxy groups -OCH3 is 1. The van der Waals surface area contributed by atoms with Crippen LogP contribution in [0.25, 0.3) is 0 Å². The molecule has 7 nitrogen and oxygen atoms in total. The maximum absolute atomic E-state index is 14.0. The number of carbonyl (C=O) groups excluding carboxylic acids is 2. The fourth-order valence-corrected chi connectivity index (χ4v) is 5.77. The van der Waals surface area contributed by atoms with E-state index >= 15 is 0 Å². The maximum Gasteiger partial charge on any atom is 0.416 e. The van der Waals surface area contributed by atoms with E-state index < -0.39 is 29.5 Å². The van der Waals surface area contributed by atoms with E-state index in [2.05, 4.69) is 10.2 Å². The summed E-state index contributed by atoms with van der Waals surface area (Å²) in [7, 11) is 3.41. The van der Waals surface area contributed by atoms with Crippen molar-refractivity contribution in [3.63, 3.8) is 0 Å². The van der Waals surface area contributed by atoms with Gasteiger partial charge in [0.2, 0.25) is 11.8 Å². The lowest BCUT2D eigenvalue weighted by molar-refractivity contribution is -0.138. The third-order valence-electron chi connectivity index (χ3n) is 8.35. The first-order valence-corrected chi connectivity index (χ1v) is 13.5. The minimum absolute atomic E-state index is 0.0374. The smallest absolute Gasteiger partial charge is 0.416 e. The number of anilines is 1. The summed E-state index contributed by atoms with van der Waals surface area (Å²) in [4.78, 5) is 32.3. The highest BCUT2D eigenvalue weighted by Gasteiger charge is 2.55. The highest BCUT2D eigenvalue weighted by atomic mass is 19.4. The first kappa shape index (κ1) is 28.4. The van der Waals surface area contributed by atoms with E-state index in [1.165, 1.54) is 42.3 Å². The largest absolute Gasteiger partial charge is 0.496 e. The van der Waals surface area contributed by atoms with Crippen LogP contribution in [0.4, 0.5) is 23.2 Å². The molecule has 1 N–H and O–H groups in total. The molecule has 0 aromatic heterocycles. The third kappa shape index (κ3) is 6.25. The van der Waals surface area contributed by atoms with E-state index in [9.17, 15) is 27.2 Å². The molecule has 2 aromatic rings. The molecule has 2 heterocycles. The van der Waals surface area contributed by atoms with Crippen molar-refractivity contribution in [2.75, 3.05) is 52.2 Å². The first-order chi connectivity index (χ1) is 19.0. The summed E-state index contributed by atoms with van der Waals surface area (Å²) in [6.07, 6.45) is -2.54. The van der Waals surface area contributed by atoms with Crippen LogP contribution >= 0.6 is 0 Å². The van der Waals surface area contributed by atoms with Crippen molar-refractivity contribution in [1.29, 1.82) is 0 Å². The van der Waals surface area contributed by atoms with Crippen LogP contribution in [-0.2, 0) is 28.7 Å². The number of hydrogen-bond donors (Lipinski definition) is 1. The molecule has 11 heteroatoms. The number of piperazine rings is 1. The van der Waals surface area contributed by atoms with Gasteiger partial charge in [-0.1, -0.05) is 6.07 Å². The molecule has 2 amide bonds. The van der Waals surface area contributed by atoms with Crippen LogP contribution in [-0.4, -0.2) is 79.4 Å². The second-order valence-electron chi connectivity index (χ2n) is 11.3. The molecule has 3 fully saturated rings. The Bertz CT molecular complexity index is 1270. The van der Waals surface area contributed by atoms with Gasteiger partial charge in [0.05, 0.1) is 19.1 Å². The van der Waals surface area contributed by atoms with Crippen molar-refractivity contribution >= 4 is 17.5 Å². The normalized spacial score (nSPS) is 21.1. The topological polar surface area (TPSA) is 65.1 Å². The molecule has 1 saturated carbocycles. The third-order valence-corrected chi connectivity index (χ3v) is 8.35. The van der Waals surface area contributed by atoms with Crippen LogP contribution in [0.3, 0.4) is 0 Å². The number of likely N-dealkylation sites (tertiary alicyclic amines) is 1. The molecule has 216 valence electrons.